The molecule has 3 aromatic rings. The van der Waals surface area contributed by atoms with E-state index in [1.807, 2.05) is 0 Å². The van der Waals surface area contributed by atoms with Crippen molar-refractivity contribution >= 4 is 50.0 Å². The Kier molecular flexibility index (Phi) is 8.72. The van der Waals surface area contributed by atoms with Gasteiger partial charge in [0, 0.05) is 22.1 Å². The van der Waals surface area contributed by atoms with Crippen molar-refractivity contribution in [2.45, 2.75) is 107 Å². The van der Waals surface area contributed by atoms with Crippen molar-refractivity contribution < 1.29 is 4.92 Å². The molecule has 0 spiro atoms. The predicted octanol–water partition coefficient (Wildman–Crippen LogP) is 9.93. The van der Waals surface area contributed by atoms with Crippen LogP contribution in [0, 0.1) is 10.1 Å². The average Bonchev–Trinajstić information content (AvgIpc) is 3.72. The Balaban J connectivity index is 2.12. The molecule has 2 aliphatic rings. The van der Waals surface area contributed by atoms with Gasteiger partial charge < -0.3 is 9.97 Å². The molecule has 226 valence electrons. The summed E-state index contributed by atoms with van der Waals surface area (Å²) in [6, 6.07) is 6.52. The van der Waals surface area contributed by atoms with Crippen LogP contribution in [0.3, 0.4) is 0 Å². The van der Waals surface area contributed by atoms with Crippen LogP contribution in [0.2, 0.25) is 0 Å². The third kappa shape index (κ3) is 4.92. The lowest BCUT2D eigenvalue weighted by atomic mass is 9.96. The monoisotopic (exact) mass is 579 g/mol. The van der Waals surface area contributed by atoms with E-state index in [1.54, 1.807) is 0 Å². The number of aromatic nitrogens is 4. The molecule has 2 N–H and O–H groups in total. The lowest BCUT2D eigenvalue weighted by Crippen LogP contribution is -1.99. The van der Waals surface area contributed by atoms with Crippen LogP contribution in [-0.2, 0) is 25.7 Å². The van der Waals surface area contributed by atoms with Crippen molar-refractivity contribution in [2.75, 3.05) is 0 Å². The van der Waals surface area contributed by atoms with Gasteiger partial charge in [-0.3, -0.25) is 10.1 Å². The SMILES string of the molecule is CCC1=C(CC)c2nc1cc1[nH]c(cc3[nH]c(cc4nc(c2[N+](=O)[O-])C(CC)=C4CC)c(CC)c3CC)c(CC)c1CC. The Morgan fingerprint density at radius 2 is 0.860 bits per heavy atom. The smallest absolute Gasteiger partial charge is 0.320 e. The number of aromatic amines is 2. The molecule has 0 unspecified atom stereocenters. The van der Waals surface area contributed by atoms with E-state index in [2.05, 4.69) is 83.6 Å². The van der Waals surface area contributed by atoms with E-state index in [9.17, 15) is 10.1 Å². The molecule has 0 saturated heterocycles. The molecule has 0 atom stereocenters. The Hall–Kier alpha value is -4.00. The van der Waals surface area contributed by atoms with Gasteiger partial charge in [0.2, 0.25) is 0 Å². The average molecular weight is 580 g/mol. The fraction of sp³-hybridized carbons (Fsp3) is 0.444. The second kappa shape index (κ2) is 12.3. The molecular formula is C36H45N5O2. The normalized spacial score (nSPS) is 13.4. The Morgan fingerprint density at radius 1 is 0.535 bits per heavy atom. The van der Waals surface area contributed by atoms with Gasteiger partial charge in [-0.1, -0.05) is 55.4 Å². The first-order valence-corrected chi connectivity index (χ1v) is 16.2. The zero-order valence-electron chi connectivity index (χ0n) is 27.0. The molecule has 8 bridgehead atoms. The van der Waals surface area contributed by atoms with E-state index in [1.165, 1.54) is 22.3 Å². The van der Waals surface area contributed by atoms with Crippen molar-refractivity contribution in [1.82, 2.24) is 19.9 Å². The Morgan fingerprint density at radius 3 is 1.14 bits per heavy atom. The number of rotatable bonds is 9. The zero-order valence-corrected chi connectivity index (χ0v) is 27.0. The van der Waals surface area contributed by atoms with Gasteiger partial charge in [0.05, 0.1) is 16.3 Å². The van der Waals surface area contributed by atoms with Gasteiger partial charge in [0.15, 0.2) is 0 Å². The molecule has 7 nitrogen and oxygen atoms in total. The Labute approximate surface area is 254 Å². The number of H-pyrrole nitrogens is 2. The Bertz CT molecular complexity index is 1710. The van der Waals surface area contributed by atoms with Crippen LogP contribution in [0.1, 0.15) is 126 Å². The van der Waals surface area contributed by atoms with Gasteiger partial charge in [0.1, 0.15) is 11.4 Å². The number of hydrogen-bond acceptors (Lipinski definition) is 4. The van der Waals surface area contributed by atoms with Crippen LogP contribution < -0.4 is 0 Å². The fourth-order valence-corrected chi connectivity index (χ4v) is 7.34. The van der Waals surface area contributed by atoms with Gasteiger partial charge in [-0.05, 0) is 114 Å². The lowest BCUT2D eigenvalue weighted by molar-refractivity contribution is -0.385. The summed E-state index contributed by atoms with van der Waals surface area (Å²) < 4.78 is 0. The summed E-state index contributed by atoms with van der Waals surface area (Å²) >= 11 is 0. The summed E-state index contributed by atoms with van der Waals surface area (Å²) in [5.41, 5.74) is 16.0. The number of nitrogens with zero attached hydrogens (tertiary/aromatic N) is 3. The van der Waals surface area contributed by atoms with Crippen molar-refractivity contribution in [3.05, 3.63) is 73.3 Å². The lowest BCUT2D eigenvalue weighted by Gasteiger charge is -2.06. The molecule has 0 radical (unpaired) electrons. The molecule has 2 aliphatic heterocycles. The molecular weight excluding hydrogens is 534 g/mol. The molecule has 43 heavy (non-hydrogen) atoms. The number of nitrogens with one attached hydrogen (secondary N) is 2. The van der Waals surface area contributed by atoms with Crippen molar-refractivity contribution in [1.29, 1.82) is 0 Å². The second-order valence-corrected chi connectivity index (χ2v) is 11.3. The summed E-state index contributed by atoms with van der Waals surface area (Å²) in [6.07, 6.45) is 6.38. The molecule has 0 saturated carbocycles. The van der Waals surface area contributed by atoms with Gasteiger partial charge in [-0.2, -0.15) is 0 Å². The molecule has 0 amide bonds. The first-order valence-electron chi connectivity index (χ1n) is 16.2. The number of fused-ring (bicyclic) bond motifs is 8. The zero-order chi connectivity index (χ0) is 31.0. The van der Waals surface area contributed by atoms with Crippen LogP contribution in [0.5, 0.6) is 0 Å². The third-order valence-corrected chi connectivity index (χ3v) is 9.26. The van der Waals surface area contributed by atoms with Crippen LogP contribution >= 0.6 is 0 Å². The summed E-state index contributed by atoms with van der Waals surface area (Å²) in [7, 11) is 0. The third-order valence-electron chi connectivity index (χ3n) is 9.26. The molecule has 7 heteroatoms. The van der Waals surface area contributed by atoms with E-state index in [-0.39, 0.29) is 10.6 Å². The summed E-state index contributed by atoms with van der Waals surface area (Å²) in [5.74, 6) is 0. The minimum absolute atomic E-state index is 0.0205. The van der Waals surface area contributed by atoms with Crippen molar-refractivity contribution in [2.24, 2.45) is 0 Å². The molecule has 5 rings (SSSR count). The predicted molar refractivity (Wildman–Crippen MR) is 180 cm³/mol. The number of allylic oxidation sites excluding steroid dienone is 4. The highest BCUT2D eigenvalue weighted by Gasteiger charge is 2.33. The van der Waals surface area contributed by atoms with Crippen LogP contribution in [0.4, 0.5) is 5.69 Å². The minimum Gasteiger partial charge on any atom is -0.355 e. The second-order valence-electron chi connectivity index (χ2n) is 11.3. The number of nitro groups is 1. The quantitative estimate of drug-likeness (QED) is 0.195. The highest BCUT2D eigenvalue weighted by atomic mass is 16.6. The summed E-state index contributed by atoms with van der Waals surface area (Å²) in [6.45, 7) is 17.1. The maximum Gasteiger partial charge on any atom is 0.320 e. The van der Waals surface area contributed by atoms with E-state index in [0.29, 0.717) is 24.2 Å². The van der Waals surface area contributed by atoms with E-state index in [4.69, 9.17) is 9.97 Å². The summed E-state index contributed by atoms with van der Waals surface area (Å²) in [5, 5.41) is 13.0. The highest BCUT2D eigenvalue weighted by Crippen LogP contribution is 2.44. The van der Waals surface area contributed by atoms with Gasteiger partial charge in [-0.15, -0.1) is 0 Å². The molecule has 0 aromatic carbocycles. The minimum atomic E-state index is -0.258. The van der Waals surface area contributed by atoms with E-state index >= 15 is 0 Å². The highest BCUT2D eigenvalue weighted by molar-refractivity contribution is 6.00. The maximum atomic E-state index is 13.0. The first-order chi connectivity index (χ1) is 20.8. The first kappa shape index (κ1) is 30.5. The molecule has 0 fully saturated rings. The topological polar surface area (TPSA) is 100 Å². The van der Waals surface area contributed by atoms with Crippen LogP contribution in [0.25, 0.3) is 44.4 Å². The molecule has 5 heterocycles. The van der Waals surface area contributed by atoms with Crippen LogP contribution in [-0.4, -0.2) is 24.9 Å². The molecule has 3 aromatic heterocycles. The standard InChI is InChI=1S/C36H45N5O2/c1-9-20-22(11-3)30-18-32-24(13-5)26(15-7)34(39-32)36(41(42)43)35-27(16-8)25(14-6)33(40-35)19-31-23(12-4)21(10-2)29(38-31)17-28(20)37-30/h17-19,37-38H,9-16H2,1-8H3. The van der Waals surface area contributed by atoms with Crippen LogP contribution in [0.15, 0.2) is 18.2 Å². The van der Waals surface area contributed by atoms with Crippen molar-refractivity contribution in [3.63, 3.8) is 0 Å². The number of hydrogen-bond donors (Lipinski definition) is 2. The van der Waals surface area contributed by atoms with Gasteiger partial charge in [0.25, 0.3) is 0 Å². The van der Waals surface area contributed by atoms with E-state index < -0.39 is 0 Å². The van der Waals surface area contributed by atoms with Gasteiger partial charge >= 0.3 is 5.69 Å². The van der Waals surface area contributed by atoms with E-state index in [0.717, 1.165) is 94.3 Å². The maximum absolute atomic E-state index is 13.0. The van der Waals surface area contributed by atoms with Crippen molar-refractivity contribution in [3.8, 4) is 0 Å². The number of aryl methyl sites for hydroxylation is 4. The fourth-order valence-electron chi connectivity index (χ4n) is 7.34. The van der Waals surface area contributed by atoms with Gasteiger partial charge in [-0.25, -0.2) is 9.97 Å². The summed E-state index contributed by atoms with van der Waals surface area (Å²) in [4.78, 5) is 30.3. The largest absolute Gasteiger partial charge is 0.355 e. The molecule has 0 aliphatic carbocycles.